The van der Waals surface area contributed by atoms with Crippen LogP contribution in [0.5, 0.6) is 17.2 Å². The van der Waals surface area contributed by atoms with Gasteiger partial charge in [0.15, 0.2) is 0 Å². The molecule has 1 atom stereocenters. The van der Waals surface area contributed by atoms with Gasteiger partial charge in [0.25, 0.3) is 17.6 Å². The van der Waals surface area contributed by atoms with Gasteiger partial charge in [-0.15, -0.1) is 0 Å². The second-order valence-electron chi connectivity index (χ2n) is 10.5. The molecule has 0 saturated heterocycles. The van der Waals surface area contributed by atoms with Gasteiger partial charge in [-0.1, -0.05) is 54.1 Å². The Bertz CT molecular complexity index is 1740. The average molecular weight is 608 g/mol. The van der Waals surface area contributed by atoms with Crippen LogP contribution in [0.1, 0.15) is 33.1 Å². The molecule has 4 aromatic rings. The molecule has 10 nitrogen and oxygen atoms in total. The van der Waals surface area contributed by atoms with Gasteiger partial charge >= 0.3 is 0 Å². The van der Waals surface area contributed by atoms with Gasteiger partial charge in [-0.2, -0.15) is 0 Å². The van der Waals surface area contributed by atoms with Crippen molar-refractivity contribution < 1.29 is 33.4 Å². The fourth-order valence-corrected chi connectivity index (χ4v) is 5.21. The predicted octanol–water partition coefficient (Wildman–Crippen LogP) is 4.96. The van der Waals surface area contributed by atoms with E-state index in [2.05, 4.69) is 5.32 Å². The summed E-state index contributed by atoms with van der Waals surface area (Å²) in [5, 5.41) is 2.92. The minimum absolute atomic E-state index is 0.0423. The summed E-state index contributed by atoms with van der Waals surface area (Å²) in [5.74, 6) is -1.06. The van der Waals surface area contributed by atoms with Crippen LogP contribution in [0.2, 0.25) is 0 Å². The molecule has 1 unspecified atom stereocenters. The Morgan fingerprint density at radius 1 is 0.822 bits per heavy atom. The minimum atomic E-state index is -1.15. The van der Waals surface area contributed by atoms with E-state index in [1.807, 2.05) is 31.2 Å². The summed E-state index contributed by atoms with van der Waals surface area (Å²) >= 11 is 0. The van der Waals surface area contributed by atoms with E-state index in [4.69, 9.17) is 14.2 Å². The van der Waals surface area contributed by atoms with Crippen LogP contribution in [0.15, 0.2) is 91.0 Å². The van der Waals surface area contributed by atoms with Crippen molar-refractivity contribution in [3.8, 4) is 17.2 Å². The SMILES string of the molecule is COc1ccc(C(C(=O)Nc2ccc(OC)cc2OC)N(Cc2ccc(C)cc2)C(=O)CN2C(=O)C(=O)c3ccccc32)cc1. The number of hydrogen-bond donors (Lipinski definition) is 1. The third kappa shape index (κ3) is 6.50. The third-order valence-electron chi connectivity index (χ3n) is 7.62. The monoisotopic (exact) mass is 607 g/mol. The minimum Gasteiger partial charge on any atom is -0.497 e. The number of rotatable bonds is 11. The average Bonchev–Trinajstić information content (AvgIpc) is 3.30. The number of carbonyl (C=O) groups is 4. The van der Waals surface area contributed by atoms with E-state index in [1.54, 1.807) is 66.7 Å². The van der Waals surface area contributed by atoms with Crippen molar-refractivity contribution in [2.75, 3.05) is 38.1 Å². The Morgan fingerprint density at radius 2 is 1.49 bits per heavy atom. The highest BCUT2D eigenvalue weighted by Gasteiger charge is 2.39. The molecule has 45 heavy (non-hydrogen) atoms. The number of anilines is 2. The van der Waals surface area contributed by atoms with Crippen molar-refractivity contribution in [3.05, 3.63) is 113 Å². The molecule has 230 valence electrons. The molecule has 10 heteroatoms. The van der Waals surface area contributed by atoms with E-state index < -0.39 is 36.1 Å². The standard InChI is InChI=1S/C35H33N3O7/c1-22-9-11-23(12-10-22)20-38(31(39)21-37-29-8-6-5-7-27(29)33(40)35(37)42)32(24-13-15-25(43-2)16-14-24)34(41)36-28-18-17-26(44-3)19-30(28)45-4/h5-19,32H,20-21H2,1-4H3,(H,36,41). The van der Waals surface area contributed by atoms with Crippen LogP contribution in [-0.4, -0.2) is 56.3 Å². The second-order valence-corrected chi connectivity index (χ2v) is 10.5. The first-order valence-corrected chi connectivity index (χ1v) is 14.2. The largest absolute Gasteiger partial charge is 0.497 e. The van der Waals surface area contributed by atoms with E-state index in [9.17, 15) is 19.2 Å². The molecule has 1 heterocycles. The summed E-state index contributed by atoms with van der Waals surface area (Å²) < 4.78 is 16.1. The van der Waals surface area contributed by atoms with Crippen LogP contribution in [-0.2, 0) is 20.9 Å². The van der Waals surface area contributed by atoms with E-state index >= 15 is 0 Å². The number of carbonyl (C=O) groups excluding carboxylic acids is 4. The van der Waals surface area contributed by atoms with Crippen LogP contribution in [0.4, 0.5) is 11.4 Å². The van der Waals surface area contributed by atoms with Crippen LogP contribution >= 0.6 is 0 Å². The van der Waals surface area contributed by atoms with Crippen LogP contribution in [0, 0.1) is 6.92 Å². The number of Topliss-reactive ketones (excluding diaryl/α,β-unsaturated/α-hetero) is 1. The number of fused-ring (bicyclic) bond motifs is 1. The fraction of sp³-hybridized carbons (Fsp3) is 0.200. The van der Waals surface area contributed by atoms with Crippen molar-refractivity contribution in [1.82, 2.24) is 4.90 Å². The maximum absolute atomic E-state index is 14.3. The summed E-state index contributed by atoms with van der Waals surface area (Å²) in [5.41, 5.74) is 3.27. The summed E-state index contributed by atoms with van der Waals surface area (Å²) in [7, 11) is 4.54. The highest BCUT2D eigenvalue weighted by molar-refractivity contribution is 6.52. The molecule has 4 aromatic carbocycles. The molecular weight excluding hydrogens is 574 g/mol. The molecule has 0 saturated carbocycles. The van der Waals surface area contributed by atoms with E-state index in [1.165, 1.54) is 26.2 Å². The maximum Gasteiger partial charge on any atom is 0.299 e. The van der Waals surface area contributed by atoms with E-state index in [0.29, 0.717) is 34.2 Å². The molecule has 0 aromatic heterocycles. The first kappa shape index (κ1) is 30.8. The molecule has 0 spiro atoms. The molecule has 1 N–H and O–H groups in total. The maximum atomic E-state index is 14.3. The lowest BCUT2D eigenvalue weighted by Crippen LogP contribution is -2.46. The van der Waals surface area contributed by atoms with Gasteiger partial charge in [0.1, 0.15) is 29.8 Å². The Kier molecular flexibility index (Phi) is 9.13. The van der Waals surface area contributed by atoms with Crippen LogP contribution in [0.3, 0.4) is 0 Å². The topological polar surface area (TPSA) is 114 Å². The Balaban J connectivity index is 1.57. The number of aryl methyl sites for hydroxylation is 1. The summed E-state index contributed by atoms with van der Waals surface area (Å²) in [6, 6.07) is 24.8. The first-order valence-electron chi connectivity index (χ1n) is 14.2. The third-order valence-corrected chi connectivity index (χ3v) is 7.62. The Morgan fingerprint density at radius 3 is 2.16 bits per heavy atom. The van der Waals surface area contributed by atoms with Gasteiger partial charge in [0.05, 0.1) is 38.3 Å². The lowest BCUT2D eigenvalue weighted by molar-refractivity contribution is -0.139. The number of ether oxygens (including phenoxy) is 3. The lowest BCUT2D eigenvalue weighted by atomic mass is 10.0. The van der Waals surface area contributed by atoms with Crippen molar-refractivity contribution in [3.63, 3.8) is 0 Å². The van der Waals surface area contributed by atoms with Crippen molar-refractivity contribution >= 4 is 34.9 Å². The molecule has 0 fully saturated rings. The van der Waals surface area contributed by atoms with Crippen molar-refractivity contribution in [1.29, 1.82) is 0 Å². The Hall–Kier alpha value is -5.64. The fourth-order valence-electron chi connectivity index (χ4n) is 5.21. The van der Waals surface area contributed by atoms with Gasteiger partial charge < -0.3 is 24.4 Å². The number of nitrogens with one attached hydrogen (secondary N) is 1. The van der Waals surface area contributed by atoms with E-state index in [-0.39, 0.29) is 12.1 Å². The van der Waals surface area contributed by atoms with Gasteiger partial charge in [0.2, 0.25) is 5.91 Å². The zero-order chi connectivity index (χ0) is 32.1. The lowest BCUT2D eigenvalue weighted by Gasteiger charge is -2.33. The quantitative estimate of drug-likeness (QED) is 0.240. The zero-order valence-corrected chi connectivity index (χ0v) is 25.4. The molecule has 5 rings (SSSR count). The summed E-state index contributed by atoms with van der Waals surface area (Å²) in [6.45, 7) is 1.55. The number of ketones is 1. The normalized spacial score (nSPS) is 12.8. The zero-order valence-electron chi connectivity index (χ0n) is 25.4. The number of amides is 3. The highest BCUT2D eigenvalue weighted by Crippen LogP contribution is 2.33. The number of methoxy groups -OCH3 is 3. The number of para-hydroxylation sites is 1. The van der Waals surface area contributed by atoms with Gasteiger partial charge in [-0.25, -0.2) is 0 Å². The summed E-state index contributed by atoms with van der Waals surface area (Å²) in [6.07, 6.45) is 0. The van der Waals surface area contributed by atoms with Crippen molar-refractivity contribution in [2.24, 2.45) is 0 Å². The molecule has 3 amide bonds. The number of benzene rings is 4. The Labute approximate surface area is 261 Å². The van der Waals surface area contributed by atoms with Gasteiger partial charge in [-0.05, 0) is 54.4 Å². The number of hydrogen-bond acceptors (Lipinski definition) is 7. The number of nitrogens with zero attached hydrogens (tertiary/aromatic N) is 2. The van der Waals surface area contributed by atoms with Gasteiger partial charge in [-0.3, -0.25) is 24.1 Å². The second kappa shape index (κ2) is 13.3. The van der Waals surface area contributed by atoms with Gasteiger partial charge in [0, 0.05) is 12.6 Å². The predicted molar refractivity (Wildman–Crippen MR) is 169 cm³/mol. The molecule has 0 bridgehead atoms. The highest BCUT2D eigenvalue weighted by atomic mass is 16.5. The summed E-state index contributed by atoms with van der Waals surface area (Å²) in [4.78, 5) is 56.9. The van der Waals surface area contributed by atoms with Crippen LogP contribution in [0.25, 0.3) is 0 Å². The first-order chi connectivity index (χ1) is 21.7. The molecule has 1 aliphatic heterocycles. The molecule has 0 aliphatic carbocycles. The smallest absolute Gasteiger partial charge is 0.299 e. The van der Waals surface area contributed by atoms with Crippen LogP contribution < -0.4 is 24.4 Å². The van der Waals surface area contributed by atoms with Crippen molar-refractivity contribution in [2.45, 2.75) is 19.5 Å². The molecule has 0 radical (unpaired) electrons. The molecule has 1 aliphatic rings. The molecular formula is C35H33N3O7. The van der Waals surface area contributed by atoms with E-state index in [0.717, 1.165) is 16.0 Å².